The van der Waals surface area contributed by atoms with Crippen LogP contribution in [0.1, 0.15) is 18.9 Å². The highest BCUT2D eigenvalue weighted by Crippen LogP contribution is 2.29. The predicted molar refractivity (Wildman–Crippen MR) is 104 cm³/mol. The first kappa shape index (κ1) is 19.9. The Morgan fingerprint density at radius 2 is 1.96 bits per heavy atom. The molecule has 1 amide bonds. The van der Waals surface area contributed by atoms with Crippen molar-refractivity contribution in [2.75, 3.05) is 26.1 Å². The molecule has 0 heterocycles. The van der Waals surface area contributed by atoms with Gasteiger partial charge in [0.25, 0.3) is 5.91 Å². The van der Waals surface area contributed by atoms with E-state index in [-0.39, 0.29) is 5.57 Å². The Labute approximate surface area is 159 Å². The van der Waals surface area contributed by atoms with Crippen molar-refractivity contribution >= 4 is 17.7 Å². The van der Waals surface area contributed by atoms with Gasteiger partial charge in [0.15, 0.2) is 11.5 Å². The lowest BCUT2D eigenvalue weighted by molar-refractivity contribution is -0.112. The summed E-state index contributed by atoms with van der Waals surface area (Å²) in [6.07, 6.45) is 2.38. The molecule has 1 N–H and O–H groups in total. The number of nitrogens with zero attached hydrogens (tertiary/aromatic N) is 1. The van der Waals surface area contributed by atoms with Gasteiger partial charge < -0.3 is 19.5 Å². The van der Waals surface area contributed by atoms with Crippen molar-refractivity contribution in [3.8, 4) is 23.3 Å². The van der Waals surface area contributed by atoms with E-state index in [1.807, 2.05) is 13.0 Å². The lowest BCUT2D eigenvalue weighted by Crippen LogP contribution is -2.13. The number of hydrogen-bond donors (Lipinski definition) is 1. The van der Waals surface area contributed by atoms with Gasteiger partial charge in [0.1, 0.15) is 17.4 Å². The van der Waals surface area contributed by atoms with Gasteiger partial charge in [-0.3, -0.25) is 4.79 Å². The van der Waals surface area contributed by atoms with Crippen LogP contribution in [-0.2, 0) is 4.79 Å². The Morgan fingerprint density at radius 1 is 1.15 bits per heavy atom. The average Bonchev–Trinajstić information content (AvgIpc) is 2.70. The number of methoxy groups -OCH3 is 2. The second kappa shape index (κ2) is 9.88. The van der Waals surface area contributed by atoms with Crippen molar-refractivity contribution in [3.63, 3.8) is 0 Å². The summed E-state index contributed by atoms with van der Waals surface area (Å²) in [5, 5.41) is 12.1. The normalized spacial score (nSPS) is 10.7. The highest BCUT2D eigenvalue weighted by atomic mass is 16.5. The summed E-state index contributed by atoms with van der Waals surface area (Å²) in [5.74, 6) is 1.28. The molecule has 0 aliphatic rings. The Balaban J connectivity index is 2.21. The van der Waals surface area contributed by atoms with E-state index in [4.69, 9.17) is 14.2 Å². The summed E-state index contributed by atoms with van der Waals surface area (Å²) < 4.78 is 16.1. The molecular weight excluding hydrogens is 344 g/mol. The van der Waals surface area contributed by atoms with E-state index in [1.165, 1.54) is 6.08 Å². The van der Waals surface area contributed by atoms with Crippen molar-refractivity contribution in [2.45, 2.75) is 13.3 Å². The second-order valence-corrected chi connectivity index (χ2v) is 5.61. The molecule has 2 aromatic rings. The predicted octanol–water partition coefficient (Wildman–Crippen LogP) is 4.04. The summed E-state index contributed by atoms with van der Waals surface area (Å²) >= 11 is 0. The van der Waals surface area contributed by atoms with Crippen LogP contribution in [0.15, 0.2) is 48.0 Å². The Kier molecular flexibility index (Phi) is 7.26. The highest BCUT2D eigenvalue weighted by molar-refractivity contribution is 6.09. The molecule has 0 aliphatic carbocycles. The Bertz CT molecular complexity index is 869. The van der Waals surface area contributed by atoms with Crippen LogP contribution in [-0.4, -0.2) is 26.7 Å². The minimum absolute atomic E-state index is 0.0258. The van der Waals surface area contributed by atoms with Gasteiger partial charge in [-0.2, -0.15) is 5.26 Å². The molecule has 0 unspecified atom stereocenters. The molecule has 0 radical (unpaired) electrons. The molecule has 0 saturated carbocycles. The molecule has 0 spiro atoms. The van der Waals surface area contributed by atoms with Crippen molar-refractivity contribution in [1.29, 1.82) is 5.26 Å². The number of nitriles is 1. The van der Waals surface area contributed by atoms with Crippen molar-refractivity contribution in [2.24, 2.45) is 0 Å². The van der Waals surface area contributed by atoms with E-state index < -0.39 is 5.91 Å². The van der Waals surface area contributed by atoms with Gasteiger partial charge in [-0.05, 0) is 42.3 Å². The first-order valence-electron chi connectivity index (χ1n) is 8.49. The molecule has 2 rings (SSSR count). The number of rotatable bonds is 8. The third-order valence-electron chi connectivity index (χ3n) is 3.65. The fourth-order valence-corrected chi connectivity index (χ4v) is 2.32. The first-order valence-corrected chi connectivity index (χ1v) is 8.49. The molecule has 27 heavy (non-hydrogen) atoms. The summed E-state index contributed by atoms with van der Waals surface area (Å²) in [5.41, 5.74) is 1.18. The van der Waals surface area contributed by atoms with Crippen molar-refractivity contribution in [1.82, 2.24) is 0 Å². The standard InChI is InChI=1S/C21H22N2O4/c1-4-10-27-19-9-8-15(12-20(19)26-3)11-16(14-22)21(24)23-17-6-5-7-18(13-17)25-2/h5-9,11-13H,4,10H2,1-3H3,(H,23,24)/b16-11+. The zero-order valence-corrected chi connectivity index (χ0v) is 15.6. The van der Waals surface area contributed by atoms with Crippen LogP contribution in [0.3, 0.4) is 0 Å². The van der Waals surface area contributed by atoms with E-state index >= 15 is 0 Å². The number of carbonyl (C=O) groups excluding carboxylic acids is 1. The number of nitrogens with one attached hydrogen (secondary N) is 1. The highest BCUT2D eigenvalue weighted by Gasteiger charge is 2.11. The summed E-state index contributed by atoms with van der Waals surface area (Å²) in [6.45, 7) is 2.60. The number of carbonyl (C=O) groups is 1. The smallest absolute Gasteiger partial charge is 0.266 e. The van der Waals surface area contributed by atoms with Crippen LogP contribution in [0.2, 0.25) is 0 Å². The third kappa shape index (κ3) is 5.51. The zero-order valence-electron chi connectivity index (χ0n) is 15.6. The van der Waals surface area contributed by atoms with E-state index in [9.17, 15) is 10.1 Å². The molecule has 0 aromatic heterocycles. The van der Waals surface area contributed by atoms with Crippen molar-refractivity contribution < 1.29 is 19.0 Å². The molecule has 0 fully saturated rings. The van der Waals surface area contributed by atoms with Crippen LogP contribution in [0.25, 0.3) is 6.08 Å². The van der Waals surface area contributed by atoms with Gasteiger partial charge in [0, 0.05) is 11.8 Å². The fraction of sp³-hybridized carbons (Fsp3) is 0.238. The summed E-state index contributed by atoms with van der Waals surface area (Å²) in [4.78, 5) is 12.4. The molecule has 0 saturated heterocycles. The van der Waals surface area contributed by atoms with E-state index in [0.717, 1.165) is 6.42 Å². The minimum atomic E-state index is -0.504. The lowest BCUT2D eigenvalue weighted by atomic mass is 10.1. The van der Waals surface area contributed by atoms with Crippen LogP contribution in [0.4, 0.5) is 5.69 Å². The number of anilines is 1. The number of benzene rings is 2. The molecule has 140 valence electrons. The average molecular weight is 366 g/mol. The molecular formula is C21H22N2O4. The second-order valence-electron chi connectivity index (χ2n) is 5.61. The maximum absolute atomic E-state index is 12.4. The molecule has 6 nitrogen and oxygen atoms in total. The minimum Gasteiger partial charge on any atom is -0.497 e. The van der Waals surface area contributed by atoms with Gasteiger partial charge in [-0.25, -0.2) is 0 Å². The van der Waals surface area contributed by atoms with Crippen LogP contribution in [0, 0.1) is 11.3 Å². The van der Waals surface area contributed by atoms with E-state index in [2.05, 4.69) is 5.32 Å². The lowest BCUT2D eigenvalue weighted by Gasteiger charge is -2.11. The summed E-state index contributed by atoms with van der Waals surface area (Å²) in [7, 11) is 3.09. The van der Waals surface area contributed by atoms with Crippen molar-refractivity contribution in [3.05, 3.63) is 53.6 Å². The molecule has 0 aliphatic heterocycles. The topological polar surface area (TPSA) is 80.6 Å². The maximum Gasteiger partial charge on any atom is 0.266 e. The Hall–Kier alpha value is -3.46. The Morgan fingerprint density at radius 3 is 2.63 bits per heavy atom. The van der Waals surface area contributed by atoms with Gasteiger partial charge in [-0.15, -0.1) is 0 Å². The monoisotopic (exact) mass is 366 g/mol. The molecule has 2 aromatic carbocycles. The SMILES string of the molecule is CCCOc1ccc(/C=C(\C#N)C(=O)Nc2cccc(OC)c2)cc1OC. The van der Waals surface area contributed by atoms with E-state index in [1.54, 1.807) is 56.7 Å². The number of ether oxygens (including phenoxy) is 3. The fourth-order valence-electron chi connectivity index (χ4n) is 2.32. The number of amides is 1. The summed E-state index contributed by atoms with van der Waals surface area (Å²) in [6, 6.07) is 14.1. The molecule has 0 bridgehead atoms. The van der Waals surface area contributed by atoms with E-state index in [0.29, 0.717) is 35.1 Å². The quantitative estimate of drug-likeness (QED) is 0.563. The maximum atomic E-state index is 12.4. The third-order valence-corrected chi connectivity index (χ3v) is 3.65. The van der Waals surface area contributed by atoms with Crippen LogP contribution < -0.4 is 19.5 Å². The first-order chi connectivity index (χ1) is 13.1. The zero-order chi connectivity index (χ0) is 19.6. The van der Waals surface area contributed by atoms with Gasteiger partial charge >= 0.3 is 0 Å². The van der Waals surface area contributed by atoms with Crippen LogP contribution >= 0.6 is 0 Å². The molecule has 0 atom stereocenters. The van der Waals surface area contributed by atoms with Gasteiger partial charge in [-0.1, -0.05) is 19.1 Å². The van der Waals surface area contributed by atoms with Crippen LogP contribution in [0.5, 0.6) is 17.2 Å². The largest absolute Gasteiger partial charge is 0.497 e. The number of hydrogen-bond acceptors (Lipinski definition) is 5. The van der Waals surface area contributed by atoms with Gasteiger partial charge in [0.05, 0.1) is 20.8 Å². The molecule has 6 heteroatoms. The van der Waals surface area contributed by atoms with Gasteiger partial charge in [0.2, 0.25) is 0 Å².